The molecule has 2 N–H and O–H groups in total. The molecule has 0 aromatic heterocycles. The van der Waals surface area contributed by atoms with Gasteiger partial charge in [0.1, 0.15) is 0 Å². The van der Waals surface area contributed by atoms with Crippen LogP contribution < -0.4 is 0 Å². The van der Waals surface area contributed by atoms with Gasteiger partial charge in [-0.1, -0.05) is 0 Å². The van der Waals surface area contributed by atoms with Gasteiger partial charge in [-0.3, -0.25) is 4.57 Å². The highest BCUT2D eigenvalue weighted by Crippen LogP contribution is 2.52. The zero-order valence-corrected chi connectivity index (χ0v) is 5.21. The molecule has 2 unspecified atom stereocenters. The van der Waals surface area contributed by atoms with Crippen LogP contribution in [0.5, 0.6) is 0 Å². The second kappa shape index (κ2) is 1.54. The highest BCUT2D eigenvalue weighted by molar-refractivity contribution is 7.52. The lowest BCUT2D eigenvalue weighted by molar-refractivity contribution is 0.333. The summed E-state index contributed by atoms with van der Waals surface area (Å²) in [5.74, 6) is -0.817. The maximum absolute atomic E-state index is 10.2. The van der Waals surface area contributed by atoms with E-state index in [2.05, 4.69) is 4.74 Å². The van der Waals surface area contributed by atoms with Gasteiger partial charge < -0.3 is 14.5 Å². The van der Waals surface area contributed by atoms with Gasteiger partial charge in [0, 0.05) is 0 Å². The monoisotopic (exact) mass is 138 g/mol. The van der Waals surface area contributed by atoms with Crippen molar-refractivity contribution in [2.75, 3.05) is 0 Å². The molecule has 0 aromatic carbocycles. The average molecular weight is 138 g/mol. The Labute approximate surface area is 46.6 Å². The van der Waals surface area contributed by atoms with Crippen molar-refractivity contribution in [3.05, 3.63) is 0 Å². The van der Waals surface area contributed by atoms with E-state index in [9.17, 15) is 4.57 Å². The lowest BCUT2D eigenvalue weighted by atomic mass is 10.6. The summed E-state index contributed by atoms with van der Waals surface area (Å²) in [5, 5.41) is 0. The number of hydrogen-bond acceptors (Lipinski definition) is 2. The standard InChI is InChI=1S/C3H7O4P/c1-2-3(7-2)8(4,5)6/h2-3H,1H3,(H2,4,5,6). The molecular formula is C3H7O4P. The zero-order valence-electron chi connectivity index (χ0n) is 4.31. The minimum Gasteiger partial charge on any atom is -0.356 e. The van der Waals surface area contributed by atoms with Crippen LogP contribution >= 0.6 is 7.60 Å². The molecule has 1 aliphatic rings. The van der Waals surface area contributed by atoms with Crippen LogP contribution in [0.25, 0.3) is 0 Å². The summed E-state index contributed by atoms with van der Waals surface area (Å²) in [5.41, 5.74) is 0. The first-order chi connectivity index (χ1) is 3.52. The predicted molar refractivity (Wildman–Crippen MR) is 26.4 cm³/mol. The van der Waals surface area contributed by atoms with Crippen LogP contribution in [-0.2, 0) is 9.30 Å². The summed E-state index contributed by atoms with van der Waals surface area (Å²) in [6.45, 7) is 1.63. The van der Waals surface area contributed by atoms with E-state index in [1.165, 1.54) is 0 Å². The van der Waals surface area contributed by atoms with Gasteiger partial charge >= 0.3 is 7.60 Å². The third-order valence-corrected chi connectivity index (χ3v) is 2.22. The molecule has 0 radical (unpaired) electrons. The van der Waals surface area contributed by atoms with Crippen molar-refractivity contribution in [2.45, 2.75) is 18.9 Å². The third kappa shape index (κ3) is 1.09. The van der Waals surface area contributed by atoms with Gasteiger partial charge in [0.25, 0.3) is 0 Å². The molecule has 2 atom stereocenters. The van der Waals surface area contributed by atoms with E-state index in [1.54, 1.807) is 6.92 Å². The van der Waals surface area contributed by atoms with Crippen LogP contribution in [0.4, 0.5) is 0 Å². The molecular weight excluding hydrogens is 131 g/mol. The van der Waals surface area contributed by atoms with Gasteiger partial charge in [0.2, 0.25) is 0 Å². The topological polar surface area (TPSA) is 70.1 Å². The van der Waals surface area contributed by atoms with Gasteiger partial charge in [0.05, 0.1) is 6.10 Å². The van der Waals surface area contributed by atoms with Crippen LogP contribution in [-0.4, -0.2) is 21.7 Å². The lowest BCUT2D eigenvalue weighted by Gasteiger charge is -1.93. The average Bonchev–Trinajstić information content (AvgIpc) is 2.13. The normalized spacial score (nSPS) is 37.4. The molecule has 0 amide bonds. The zero-order chi connectivity index (χ0) is 6.36. The maximum Gasteiger partial charge on any atom is 0.356 e. The molecule has 4 nitrogen and oxygen atoms in total. The van der Waals surface area contributed by atoms with Crippen molar-refractivity contribution >= 4 is 7.60 Å². The summed E-state index contributed by atoms with van der Waals surface area (Å²) >= 11 is 0. The van der Waals surface area contributed by atoms with E-state index in [1.807, 2.05) is 0 Å². The summed E-state index contributed by atoms with van der Waals surface area (Å²) in [6, 6.07) is 0. The maximum atomic E-state index is 10.2. The van der Waals surface area contributed by atoms with E-state index in [0.717, 1.165) is 0 Å². The number of hydrogen-bond donors (Lipinski definition) is 2. The lowest BCUT2D eigenvalue weighted by Crippen LogP contribution is -1.89. The van der Waals surface area contributed by atoms with Crippen LogP contribution in [0, 0.1) is 0 Å². The van der Waals surface area contributed by atoms with E-state index >= 15 is 0 Å². The van der Waals surface area contributed by atoms with Crippen molar-refractivity contribution in [1.82, 2.24) is 0 Å². The van der Waals surface area contributed by atoms with E-state index in [4.69, 9.17) is 9.79 Å². The largest absolute Gasteiger partial charge is 0.356 e. The highest BCUT2D eigenvalue weighted by atomic mass is 31.2. The molecule has 1 fully saturated rings. The third-order valence-electron chi connectivity index (χ3n) is 1.01. The number of rotatable bonds is 1. The van der Waals surface area contributed by atoms with E-state index in [-0.39, 0.29) is 6.10 Å². The molecule has 1 saturated heterocycles. The second-order valence-corrected chi connectivity index (χ2v) is 3.51. The first kappa shape index (κ1) is 6.23. The molecule has 0 aliphatic carbocycles. The quantitative estimate of drug-likeness (QED) is 0.392. The summed E-state index contributed by atoms with van der Waals surface area (Å²) in [4.78, 5) is 16.6. The Hall–Kier alpha value is 0.110. The smallest absolute Gasteiger partial charge is 0.356 e. The minimum absolute atomic E-state index is 0.254. The molecule has 1 aliphatic heterocycles. The second-order valence-electron chi connectivity index (χ2n) is 1.82. The van der Waals surface area contributed by atoms with Crippen LogP contribution in [0.15, 0.2) is 0 Å². The van der Waals surface area contributed by atoms with Gasteiger partial charge in [-0.15, -0.1) is 0 Å². The van der Waals surface area contributed by atoms with Crippen molar-refractivity contribution in [3.63, 3.8) is 0 Å². The SMILES string of the molecule is CC1OC1P(=O)(O)O. The molecule has 1 heterocycles. The van der Waals surface area contributed by atoms with Gasteiger partial charge in [0.15, 0.2) is 5.85 Å². The minimum atomic E-state index is -3.90. The summed E-state index contributed by atoms with van der Waals surface area (Å²) < 4.78 is 14.7. The van der Waals surface area contributed by atoms with E-state index in [0.29, 0.717) is 0 Å². The first-order valence-corrected chi connectivity index (χ1v) is 3.90. The summed E-state index contributed by atoms with van der Waals surface area (Å²) in [7, 11) is -3.90. The molecule has 0 saturated carbocycles. The molecule has 0 aromatic rings. The summed E-state index contributed by atoms with van der Waals surface area (Å²) in [6.07, 6.45) is -0.254. The van der Waals surface area contributed by atoms with Crippen molar-refractivity contribution in [3.8, 4) is 0 Å². The predicted octanol–water partition coefficient (Wildman–Crippen LogP) is -0.0911. The van der Waals surface area contributed by atoms with Crippen molar-refractivity contribution in [1.29, 1.82) is 0 Å². The Morgan fingerprint density at radius 2 is 2.00 bits per heavy atom. The van der Waals surface area contributed by atoms with Crippen LogP contribution in [0.3, 0.4) is 0 Å². The van der Waals surface area contributed by atoms with Gasteiger partial charge in [-0.2, -0.15) is 0 Å². The fourth-order valence-electron chi connectivity index (χ4n) is 0.527. The van der Waals surface area contributed by atoms with Crippen LogP contribution in [0.1, 0.15) is 6.92 Å². The van der Waals surface area contributed by atoms with Gasteiger partial charge in [-0.25, -0.2) is 0 Å². The van der Waals surface area contributed by atoms with Crippen molar-refractivity contribution in [2.24, 2.45) is 0 Å². The van der Waals surface area contributed by atoms with E-state index < -0.39 is 13.4 Å². The Kier molecular flexibility index (Phi) is 1.20. The fourth-order valence-corrected chi connectivity index (χ4v) is 1.42. The van der Waals surface area contributed by atoms with Gasteiger partial charge in [-0.05, 0) is 6.92 Å². The Morgan fingerprint density at radius 1 is 1.62 bits per heavy atom. The number of epoxide rings is 1. The molecule has 48 valence electrons. The van der Waals surface area contributed by atoms with Crippen LogP contribution in [0.2, 0.25) is 0 Å². The fraction of sp³-hybridized carbons (Fsp3) is 1.00. The Morgan fingerprint density at radius 3 is 2.00 bits per heavy atom. The highest BCUT2D eigenvalue weighted by Gasteiger charge is 2.48. The Bertz CT molecular complexity index is 138. The molecule has 0 spiro atoms. The Balaban J connectivity index is 2.52. The molecule has 8 heavy (non-hydrogen) atoms. The molecule has 5 heteroatoms. The molecule has 0 bridgehead atoms. The first-order valence-electron chi connectivity index (χ1n) is 2.22. The number of ether oxygens (including phenoxy) is 1. The van der Waals surface area contributed by atoms with Crippen molar-refractivity contribution < 1.29 is 19.1 Å². The molecule has 1 rings (SSSR count).